The van der Waals surface area contributed by atoms with Gasteiger partial charge in [-0.25, -0.2) is 4.39 Å². The molecule has 0 saturated carbocycles. The van der Waals surface area contributed by atoms with Gasteiger partial charge >= 0.3 is 6.18 Å². The minimum Gasteiger partial charge on any atom is -0.358 e. The van der Waals surface area contributed by atoms with E-state index < -0.39 is 76.2 Å². The molecule has 0 radical (unpaired) electrons. The van der Waals surface area contributed by atoms with Crippen LogP contribution in [-0.2, 0) is 56.7 Å². The molecule has 2 unspecified atom stereocenters. The fourth-order valence-corrected chi connectivity index (χ4v) is 6.98. The average Bonchev–Trinajstić information content (AvgIpc) is 3.80. The summed E-state index contributed by atoms with van der Waals surface area (Å²) in [5.74, 6) is -3.76. The third kappa shape index (κ3) is 9.62. The van der Waals surface area contributed by atoms with Gasteiger partial charge < -0.3 is 26.3 Å². The number of carbonyl (C=O) groups is 4. The zero-order chi connectivity index (χ0) is 41.9. The molecule has 4 aromatic rings. The molecule has 308 valence electrons. The Balaban J connectivity index is 1.48. The molecule has 0 fully saturated rings. The molecule has 57 heavy (non-hydrogen) atoms. The molecule has 2 aromatic heterocycles. The Morgan fingerprint density at radius 2 is 1.60 bits per heavy atom. The third-order valence-electron chi connectivity index (χ3n) is 10.8. The summed E-state index contributed by atoms with van der Waals surface area (Å²) in [6.07, 6.45) is -4.26. The summed E-state index contributed by atoms with van der Waals surface area (Å²) in [5.41, 5.74) is -2.18. The first-order valence-electron chi connectivity index (χ1n) is 19.2. The number of fused-ring (bicyclic) bond motifs is 3. The number of aromatic nitrogens is 5. The number of aromatic amines is 1. The van der Waals surface area contributed by atoms with Crippen molar-refractivity contribution in [2.75, 3.05) is 0 Å². The third-order valence-corrected chi connectivity index (χ3v) is 10.8. The number of tetrazole rings is 1. The van der Waals surface area contributed by atoms with Crippen LogP contribution >= 0.6 is 0 Å². The van der Waals surface area contributed by atoms with Crippen molar-refractivity contribution in [2.24, 2.45) is 11.8 Å². The highest BCUT2D eigenvalue weighted by Crippen LogP contribution is 2.40. The van der Waals surface area contributed by atoms with Crippen LogP contribution in [-0.4, -0.2) is 66.4 Å². The number of para-hydroxylation sites is 1. The maximum Gasteiger partial charge on any atom is 0.418 e. The van der Waals surface area contributed by atoms with E-state index in [4.69, 9.17) is 0 Å². The Hall–Kier alpha value is -5.35. The fraction of sp³-hybridized carbons (Fsp3) is 0.525. The van der Waals surface area contributed by atoms with Gasteiger partial charge in [-0.1, -0.05) is 70.9 Å². The van der Waals surface area contributed by atoms with Gasteiger partial charge in [0, 0.05) is 17.5 Å². The Morgan fingerprint density at radius 1 is 0.930 bits per heavy atom. The van der Waals surface area contributed by atoms with Gasteiger partial charge in [-0.2, -0.15) is 18.0 Å². The number of nitrogens with zero attached hydrogens (tertiary/aromatic N) is 4. The number of benzene rings is 2. The van der Waals surface area contributed by atoms with Crippen LogP contribution in [0.1, 0.15) is 95.9 Å². The fourth-order valence-electron chi connectivity index (χ4n) is 6.98. The van der Waals surface area contributed by atoms with Crippen molar-refractivity contribution < 1.29 is 36.7 Å². The second kappa shape index (κ2) is 17.0. The zero-order valence-electron chi connectivity index (χ0n) is 33.2. The monoisotopic (exact) mass is 797 g/mol. The number of rotatable bonds is 14. The minimum atomic E-state index is -4.66. The van der Waals surface area contributed by atoms with Crippen molar-refractivity contribution in [1.29, 1.82) is 0 Å². The van der Waals surface area contributed by atoms with E-state index in [1.165, 1.54) is 35.1 Å². The highest BCUT2D eigenvalue weighted by molar-refractivity contribution is 5.98. The molecule has 5 N–H and O–H groups in total. The van der Waals surface area contributed by atoms with E-state index >= 15 is 0 Å². The molecule has 5 atom stereocenters. The summed E-state index contributed by atoms with van der Waals surface area (Å²) in [7, 11) is 0. The lowest BCUT2D eigenvalue weighted by atomic mass is 9.78. The highest BCUT2D eigenvalue weighted by atomic mass is 19.4. The second-order valence-corrected chi connectivity index (χ2v) is 16.0. The predicted molar refractivity (Wildman–Crippen MR) is 204 cm³/mol. The van der Waals surface area contributed by atoms with Crippen molar-refractivity contribution in [3.05, 3.63) is 76.5 Å². The summed E-state index contributed by atoms with van der Waals surface area (Å²) in [6.45, 7) is 12.8. The van der Waals surface area contributed by atoms with Gasteiger partial charge in [-0.05, 0) is 73.9 Å². The molecule has 4 amide bonds. The second-order valence-electron chi connectivity index (χ2n) is 16.0. The number of amides is 4. The van der Waals surface area contributed by atoms with Gasteiger partial charge in [0.05, 0.1) is 29.6 Å². The number of H-pyrrole nitrogens is 1. The van der Waals surface area contributed by atoms with Gasteiger partial charge in [0.25, 0.3) is 0 Å². The van der Waals surface area contributed by atoms with Crippen molar-refractivity contribution in [1.82, 2.24) is 46.5 Å². The van der Waals surface area contributed by atoms with Gasteiger partial charge in [-0.15, -0.1) is 10.2 Å². The minimum absolute atomic E-state index is 0.0448. The number of aryl methyl sites for hydroxylation is 1. The van der Waals surface area contributed by atoms with Crippen molar-refractivity contribution in [3.63, 3.8) is 0 Å². The van der Waals surface area contributed by atoms with E-state index in [1.807, 2.05) is 34.6 Å². The van der Waals surface area contributed by atoms with Crippen molar-refractivity contribution in [2.45, 2.75) is 123 Å². The zero-order valence-corrected chi connectivity index (χ0v) is 33.2. The first-order valence-corrected chi connectivity index (χ1v) is 19.2. The van der Waals surface area contributed by atoms with Crippen LogP contribution in [0, 0.1) is 17.7 Å². The molecule has 0 bridgehead atoms. The maximum absolute atomic E-state index is 14.8. The molecule has 5 rings (SSSR count). The van der Waals surface area contributed by atoms with E-state index in [0.29, 0.717) is 24.1 Å². The number of halogens is 4. The maximum atomic E-state index is 14.8. The molecule has 1 aliphatic rings. The molecule has 0 spiro atoms. The van der Waals surface area contributed by atoms with Crippen LogP contribution in [0.15, 0.2) is 42.5 Å². The Bertz CT molecular complexity index is 2110. The Kier molecular flexibility index (Phi) is 12.8. The van der Waals surface area contributed by atoms with Gasteiger partial charge in [0.1, 0.15) is 23.4 Å². The molecule has 13 nitrogen and oxygen atoms in total. The number of nitrogens with one attached hydrogen (secondary N) is 5. The quantitative estimate of drug-likeness (QED) is 0.111. The van der Waals surface area contributed by atoms with E-state index in [0.717, 1.165) is 6.07 Å². The van der Waals surface area contributed by atoms with Gasteiger partial charge in [0.15, 0.2) is 5.82 Å². The number of alkyl halides is 3. The molecule has 17 heteroatoms. The lowest BCUT2D eigenvalue weighted by Gasteiger charge is -2.39. The first-order chi connectivity index (χ1) is 26.8. The highest BCUT2D eigenvalue weighted by Gasteiger charge is 2.47. The lowest BCUT2D eigenvalue weighted by Crippen LogP contribution is -2.67. The van der Waals surface area contributed by atoms with Gasteiger partial charge in [-0.3, -0.25) is 19.2 Å². The van der Waals surface area contributed by atoms with Crippen LogP contribution < -0.4 is 21.3 Å². The van der Waals surface area contributed by atoms with Crippen LogP contribution in [0.2, 0.25) is 0 Å². The molecular weight excluding hydrogens is 746 g/mol. The lowest BCUT2D eigenvalue weighted by molar-refractivity contribution is -0.139. The van der Waals surface area contributed by atoms with E-state index in [9.17, 15) is 36.7 Å². The summed E-state index contributed by atoms with van der Waals surface area (Å²) in [4.78, 5) is 60.5. The SMILES string of the molecule is CCC(C)[C@H](NC(=O)Cc1ccccc1F)C(=O)N[C@]1(C(=O)NC(C(=O)NCc2nnn(C(C)(C)C)n2)[C@@H](C)CC)CCc2[nH]c3c(C(F)(F)F)cccc3c2C1. The van der Waals surface area contributed by atoms with Crippen LogP contribution in [0.5, 0.6) is 0 Å². The first kappa shape index (κ1) is 42.8. The Labute approximate surface area is 328 Å². The Morgan fingerprint density at radius 3 is 2.21 bits per heavy atom. The molecular formula is C40H51F4N9O4. The van der Waals surface area contributed by atoms with Crippen molar-refractivity contribution in [3.8, 4) is 0 Å². The summed E-state index contributed by atoms with van der Waals surface area (Å²) in [6, 6.07) is 7.31. The topological polar surface area (TPSA) is 176 Å². The normalized spacial score (nSPS) is 17.9. The molecule has 0 aliphatic heterocycles. The smallest absolute Gasteiger partial charge is 0.358 e. The van der Waals surface area contributed by atoms with Crippen LogP contribution in [0.3, 0.4) is 0 Å². The summed E-state index contributed by atoms with van der Waals surface area (Å²) in [5, 5.41) is 23.9. The molecule has 0 saturated heterocycles. The van der Waals surface area contributed by atoms with Crippen LogP contribution in [0.4, 0.5) is 17.6 Å². The predicted octanol–water partition coefficient (Wildman–Crippen LogP) is 5.03. The average molecular weight is 798 g/mol. The van der Waals surface area contributed by atoms with E-state index in [2.05, 4.69) is 41.7 Å². The summed E-state index contributed by atoms with van der Waals surface area (Å²) < 4.78 is 56.7. The molecule has 1 aliphatic carbocycles. The summed E-state index contributed by atoms with van der Waals surface area (Å²) >= 11 is 0. The van der Waals surface area contributed by atoms with E-state index in [1.54, 1.807) is 19.9 Å². The largest absolute Gasteiger partial charge is 0.418 e. The van der Waals surface area contributed by atoms with Crippen molar-refractivity contribution >= 4 is 34.5 Å². The standard InChI is InChI=1S/C40H51F4N9O4/c1-8-22(3)32(35(55)45-21-30-50-52-53(51-30)38(5,6)7)48-37(57)39(18-17-29-26(20-39)25-14-12-15-27(34(25)46-29)40(42,43)44)49-36(56)33(23(4)9-2)47-31(54)19-24-13-10-11-16-28(24)41/h10-16,22-23,32-33,46H,8-9,17-21H2,1-7H3,(H,45,55)(H,47,54)(H,48,57)(H,49,56)/t22-,23?,32?,33-,39+/m0/s1. The molecule has 2 heterocycles. The van der Waals surface area contributed by atoms with E-state index in [-0.39, 0.29) is 54.5 Å². The number of hydrogen-bond donors (Lipinski definition) is 5. The number of hydrogen-bond acceptors (Lipinski definition) is 7. The van der Waals surface area contributed by atoms with Gasteiger partial charge in [0.2, 0.25) is 23.6 Å². The number of carbonyl (C=O) groups excluding carboxylic acids is 4. The van der Waals surface area contributed by atoms with Crippen LogP contribution in [0.25, 0.3) is 10.9 Å². The molecule has 2 aromatic carbocycles.